The van der Waals surface area contributed by atoms with Gasteiger partial charge in [0.1, 0.15) is 11.6 Å². The van der Waals surface area contributed by atoms with Crippen molar-refractivity contribution in [2.24, 2.45) is 0 Å². The van der Waals surface area contributed by atoms with E-state index in [4.69, 9.17) is 26.9 Å². The van der Waals surface area contributed by atoms with Gasteiger partial charge in [0, 0.05) is 55.0 Å². The average Bonchev–Trinajstić information content (AvgIpc) is 3.67. The van der Waals surface area contributed by atoms with E-state index in [-0.39, 0.29) is 49.3 Å². The summed E-state index contributed by atoms with van der Waals surface area (Å²) in [6.45, 7) is -3.76. The number of pyridine rings is 1. The molecule has 8 rings (SSSR count). The van der Waals surface area contributed by atoms with Gasteiger partial charge in [0.25, 0.3) is 0 Å². The normalized spacial score (nSPS) is 16.7. The number of para-hydroxylation sites is 1. The molecule has 0 amide bonds. The molecule has 0 aliphatic carbocycles. The van der Waals surface area contributed by atoms with Crippen molar-refractivity contribution in [3.05, 3.63) is 167 Å². The van der Waals surface area contributed by atoms with Crippen LogP contribution < -0.4 is 0 Å². The minimum absolute atomic E-state index is 0. The number of aryl methyl sites for hydroxylation is 2. The van der Waals surface area contributed by atoms with Gasteiger partial charge in [-0.15, -0.1) is 29.3 Å². The van der Waals surface area contributed by atoms with Gasteiger partial charge >= 0.3 is 0 Å². The van der Waals surface area contributed by atoms with Crippen LogP contribution in [-0.4, -0.2) is 19.6 Å². The predicted octanol–water partition coefficient (Wildman–Crippen LogP) is 13.8. The summed E-state index contributed by atoms with van der Waals surface area (Å²) in [6, 6.07) is 30.0. The largest absolute Gasteiger partial charge is 0.507 e. The van der Waals surface area contributed by atoms with Crippen molar-refractivity contribution < 1.29 is 48.1 Å². The Morgan fingerprint density at radius 2 is 1.43 bits per heavy atom. The Kier molecular flexibility index (Phi) is 6.75. The summed E-state index contributed by atoms with van der Waals surface area (Å²) in [5.41, 5.74) is 1.85. The summed E-state index contributed by atoms with van der Waals surface area (Å²) in [4.78, 5) is 9.95. The van der Waals surface area contributed by atoms with Gasteiger partial charge < -0.3 is 5.11 Å². The molecular formula is C53H50N3OPt-. The second-order valence-corrected chi connectivity index (χ2v) is 15.4. The van der Waals surface area contributed by atoms with Crippen molar-refractivity contribution >= 4 is 11.0 Å². The first-order chi connectivity index (χ1) is 33.8. The van der Waals surface area contributed by atoms with Crippen molar-refractivity contribution in [2.45, 2.75) is 72.9 Å². The van der Waals surface area contributed by atoms with Gasteiger partial charge in [0.05, 0.1) is 27.8 Å². The molecule has 0 atom stereocenters. The topological polar surface area (TPSA) is 50.9 Å². The molecule has 1 N–H and O–H groups in total. The Balaban J connectivity index is 0.00000800. The quantitative estimate of drug-likeness (QED) is 0.169. The first kappa shape index (κ1) is 25.0. The first-order valence-electron chi connectivity index (χ1n) is 26.5. The standard InChI is InChI=1S/C53H50N3O.Pt/c1-33-18-20-36(21-19-33)38-24-25-54-46(31-38)40-28-39(29-42(30-40)53(7,8)9)43-16-13-17-48-49(43)55-51(45-27-34(2)26-35(3)50(45)57)56(48)47-23-22-41(52(4,5)6)32-44(47)37-14-11-10-12-15-37;/h10-27,29-32,57H,1-9H3;/q-1;/i1D3,4D3,5D3,6D3,18D,19D,20D,21D;. The number of hydrogen-bond acceptors (Lipinski definition) is 3. The zero-order valence-corrected chi connectivity index (χ0v) is 34.8. The smallest absolute Gasteiger partial charge is 0.148 e. The van der Waals surface area contributed by atoms with Gasteiger partial charge in [-0.2, -0.15) is 0 Å². The number of benzene rings is 6. The third-order valence-corrected chi connectivity index (χ3v) is 10.1. The molecule has 5 heteroatoms. The van der Waals surface area contributed by atoms with E-state index in [1.54, 1.807) is 54.0 Å². The van der Waals surface area contributed by atoms with Crippen molar-refractivity contribution in [3.63, 3.8) is 0 Å². The Bertz CT molecular complexity index is 3410. The number of imidazole rings is 1. The van der Waals surface area contributed by atoms with Crippen LogP contribution in [0.15, 0.2) is 133 Å². The van der Waals surface area contributed by atoms with Crippen LogP contribution in [0.2, 0.25) is 0 Å². The molecule has 0 radical (unpaired) electrons. The number of hydrogen-bond donors (Lipinski definition) is 1. The maximum atomic E-state index is 11.8. The molecule has 0 unspecified atom stereocenters. The summed E-state index contributed by atoms with van der Waals surface area (Å²) in [5.74, 6) is 0.175. The van der Waals surface area contributed by atoms with Crippen molar-refractivity contribution in [2.75, 3.05) is 0 Å². The van der Waals surface area contributed by atoms with Gasteiger partial charge in [0.2, 0.25) is 0 Å². The number of nitrogens with zero attached hydrogens (tertiary/aromatic N) is 3. The minimum Gasteiger partial charge on any atom is -0.507 e. The summed E-state index contributed by atoms with van der Waals surface area (Å²) in [6.07, 6.45) is 1.46. The average molecular weight is 956 g/mol. The zero-order valence-electron chi connectivity index (χ0n) is 48.5. The van der Waals surface area contributed by atoms with Gasteiger partial charge in [0.15, 0.2) is 0 Å². The van der Waals surface area contributed by atoms with Crippen LogP contribution in [0.25, 0.3) is 72.7 Å². The second-order valence-electron chi connectivity index (χ2n) is 15.4. The third kappa shape index (κ3) is 7.83. The Hall–Kier alpha value is -5.57. The monoisotopic (exact) mass is 955 g/mol. The molecule has 0 aliphatic heterocycles. The second kappa shape index (κ2) is 15.6. The first-order valence-corrected chi connectivity index (χ1v) is 18.5. The summed E-state index contributed by atoms with van der Waals surface area (Å²) >= 11 is 0. The van der Waals surface area contributed by atoms with Gasteiger partial charge in [-0.1, -0.05) is 143 Å². The molecule has 294 valence electrons. The fourth-order valence-electron chi connectivity index (χ4n) is 7.16. The van der Waals surface area contributed by atoms with Crippen molar-refractivity contribution in [1.82, 2.24) is 14.5 Å². The number of rotatable bonds is 6. The van der Waals surface area contributed by atoms with Crippen LogP contribution in [0.1, 0.15) is 91.1 Å². The Labute approximate surface area is 380 Å². The summed E-state index contributed by atoms with van der Waals surface area (Å²) in [7, 11) is 0. The van der Waals surface area contributed by atoms with E-state index in [1.165, 1.54) is 30.5 Å². The van der Waals surface area contributed by atoms with E-state index in [2.05, 4.69) is 11.1 Å². The molecule has 8 aromatic rings. The number of phenols is 1. The van der Waals surface area contributed by atoms with Crippen LogP contribution in [-0.2, 0) is 31.9 Å². The van der Waals surface area contributed by atoms with Gasteiger partial charge in [-0.05, 0) is 95.2 Å². The molecule has 0 aliphatic rings. The SMILES string of the molecule is [2H]c1c([2H])c(C([2H])([2H])[2H])c([2H])c([2H])c1-c1ccnc(-c2[c-]c(-c3cccc4c3nc(-c3cc(C)cc(C)c3O)n4-c3ccc(C(C([2H])([2H])[2H])(C([2H])([2H])[2H])C([2H])([2H])[2H])cc3-c3ccccc3)cc(C(C)(C)C)c2)c1.[Pt]. The zero-order chi connectivity index (χ0) is 53.7. The summed E-state index contributed by atoms with van der Waals surface area (Å²) in [5, 5.41) is 11.8. The Morgan fingerprint density at radius 3 is 2.16 bits per heavy atom. The van der Waals surface area contributed by atoms with E-state index in [1.807, 2.05) is 64.1 Å². The van der Waals surface area contributed by atoms with Crippen LogP contribution in [0.3, 0.4) is 0 Å². The van der Waals surface area contributed by atoms with Crippen LogP contribution >= 0.6 is 0 Å². The molecular weight excluding hydrogens is 890 g/mol. The van der Waals surface area contributed by atoms with Crippen molar-refractivity contribution in [3.8, 4) is 67.5 Å². The fraction of sp³-hybridized carbons (Fsp3) is 0.208. The molecule has 0 saturated carbocycles. The number of aromatic nitrogens is 3. The third-order valence-electron chi connectivity index (χ3n) is 10.1. The van der Waals surface area contributed by atoms with Gasteiger partial charge in [-0.3, -0.25) is 9.55 Å². The number of fused-ring (bicyclic) bond motifs is 1. The molecule has 58 heavy (non-hydrogen) atoms. The Morgan fingerprint density at radius 1 is 0.672 bits per heavy atom. The fourth-order valence-corrected chi connectivity index (χ4v) is 7.16. The molecule has 6 aromatic carbocycles. The van der Waals surface area contributed by atoms with Crippen molar-refractivity contribution in [1.29, 1.82) is 0 Å². The minimum atomic E-state index is -3.53. The molecule has 4 nitrogen and oxygen atoms in total. The van der Waals surface area contributed by atoms with Gasteiger partial charge in [-0.25, -0.2) is 4.98 Å². The maximum Gasteiger partial charge on any atom is 0.148 e. The molecule has 0 bridgehead atoms. The number of phenolic OH excluding ortho intramolecular Hbond substituents is 1. The molecule has 2 aromatic heterocycles. The van der Waals surface area contributed by atoms with E-state index in [0.717, 1.165) is 11.1 Å². The van der Waals surface area contributed by atoms with Crippen LogP contribution in [0, 0.1) is 26.8 Å². The summed E-state index contributed by atoms with van der Waals surface area (Å²) < 4.78 is 137. The molecule has 0 fully saturated rings. The maximum absolute atomic E-state index is 11.8. The van der Waals surface area contributed by atoms with E-state index in [9.17, 15) is 5.11 Å². The van der Waals surface area contributed by atoms with Crippen LogP contribution in [0.5, 0.6) is 5.75 Å². The van der Waals surface area contributed by atoms with E-state index >= 15 is 0 Å². The number of aromatic hydroxyl groups is 1. The molecule has 0 saturated heterocycles. The van der Waals surface area contributed by atoms with E-state index in [0.29, 0.717) is 55.8 Å². The molecule has 0 spiro atoms. The van der Waals surface area contributed by atoms with E-state index < -0.39 is 73.5 Å². The molecule has 2 heterocycles. The predicted molar refractivity (Wildman–Crippen MR) is 238 cm³/mol. The van der Waals surface area contributed by atoms with Crippen LogP contribution in [0.4, 0.5) is 0 Å².